The van der Waals surface area contributed by atoms with Crippen molar-refractivity contribution in [3.8, 4) is 5.75 Å². The van der Waals surface area contributed by atoms with E-state index in [1.54, 1.807) is 7.11 Å². The third kappa shape index (κ3) is 3.56. The molecule has 0 bridgehead atoms. The van der Waals surface area contributed by atoms with Gasteiger partial charge in [0.05, 0.1) is 17.6 Å². The molecule has 112 valence electrons. The minimum Gasteiger partial charge on any atom is -0.495 e. The molecule has 0 amide bonds. The summed E-state index contributed by atoms with van der Waals surface area (Å²) >= 11 is 3.47. The minimum absolute atomic E-state index is 0.184. The fraction of sp³-hybridized carbons (Fsp3) is 0.353. The molecule has 3 nitrogen and oxygen atoms in total. The lowest BCUT2D eigenvalue weighted by atomic mass is 10.00. The first kappa shape index (κ1) is 15.8. The topological polar surface area (TPSA) is 34.1 Å². The Labute approximate surface area is 134 Å². The molecule has 0 aliphatic rings. The van der Waals surface area contributed by atoms with E-state index in [9.17, 15) is 0 Å². The number of pyridine rings is 1. The van der Waals surface area contributed by atoms with Gasteiger partial charge in [0.2, 0.25) is 0 Å². The van der Waals surface area contributed by atoms with Gasteiger partial charge in [-0.3, -0.25) is 4.98 Å². The maximum absolute atomic E-state index is 5.34. The van der Waals surface area contributed by atoms with Crippen LogP contribution in [0.1, 0.15) is 35.5 Å². The van der Waals surface area contributed by atoms with Crippen LogP contribution in [0.3, 0.4) is 0 Å². The molecular weight excluding hydrogens is 328 g/mol. The third-order valence-corrected chi connectivity index (χ3v) is 4.21. The standard InChI is InChI=1S/C17H21BrN2O/c1-10-8-11(2)19-12(3)17(10)13(4)20-14-6-7-15(18)16(9-14)21-5/h6-9,13,20H,1-5H3. The van der Waals surface area contributed by atoms with E-state index in [2.05, 4.69) is 53.1 Å². The molecule has 0 saturated heterocycles. The van der Waals surface area contributed by atoms with Crippen LogP contribution in [-0.2, 0) is 0 Å². The van der Waals surface area contributed by atoms with Gasteiger partial charge >= 0.3 is 0 Å². The van der Waals surface area contributed by atoms with Gasteiger partial charge < -0.3 is 10.1 Å². The maximum Gasteiger partial charge on any atom is 0.135 e. The summed E-state index contributed by atoms with van der Waals surface area (Å²) in [5, 5.41) is 3.52. The van der Waals surface area contributed by atoms with E-state index in [1.807, 2.05) is 25.1 Å². The van der Waals surface area contributed by atoms with Gasteiger partial charge in [-0.1, -0.05) is 0 Å². The normalized spacial score (nSPS) is 12.1. The molecule has 0 spiro atoms. The van der Waals surface area contributed by atoms with Gasteiger partial charge in [-0.15, -0.1) is 0 Å². The van der Waals surface area contributed by atoms with Crippen molar-refractivity contribution in [1.29, 1.82) is 0 Å². The number of benzene rings is 1. The Morgan fingerprint density at radius 2 is 1.90 bits per heavy atom. The lowest BCUT2D eigenvalue weighted by Gasteiger charge is -2.20. The van der Waals surface area contributed by atoms with Crippen LogP contribution in [0.5, 0.6) is 5.75 Å². The molecule has 1 aromatic carbocycles. The molecule has 1 heterocycles. The average molecular weight is 349 g/mol. The highest BCUT2D eigenvalue weighted by molar-refractivity contribution is 9.10. The van der Waals surface area contributed by atoms with E-state index >= 15 is 0 Å². The number of ether oxygens (including phenoxy) is 1. The van der Waals surface area contributed by atoms with E-state index in [-0.39, 0.29) is 6.04 Å². The Kier molecular flexibility index (Phi) is 4.88. The lowest BCUT2D eigenvalue weighted by molar-refractivity contribution is 0.412. The predicted molar refractivity (Wildman–Crippen MR) is 91.2 cm³/mol. The number of nitrogens with one attached hydrogen (secondary N) is 1. The first-order valence-corrected chi connectivity index (χ1v) is 7.76. The molecular formula is C17H21BrN2O. The number of nitrogens with zero attached hydrogens (tertiary/aromatic N) is 1. The number of aryl methyl sites for hydroxylation is 3. The van der Waals surface area contributed by atoms with Gasteiger partial charge in [-0.2, -0.15) is 0 Å². The summed E-state index contributed by atoms with van der Waals surface area (Å²) in [5.41, 5.74) is 5.69. The van der Waals surface area contributed by atoms with Crippen LogP contribution in [-0.4, -0.2) is 12.1 Å². The summed E-state index contributed by atoms with van der Waals surface area (Å²) in [6.45, 7) is 8.38. The molecule has 0 radical (unpaired) electrons. The van der Waals surface area contributed by atoms with Gasteiger partial charge in [0.15, 0.2) is 0 Å². The Morgan fingerprint density at radius 3 is 2.52 bits per heavy atom. The van der Waals surface area contributed by atoms with E-state index in [4.69, 9.17) is 4.74 Å². The first-order valence-electron chi connectivity index (χ1n) is 6.97. The third-order valence-electron chi connectivity index (χ3n) is 3.55. The van der Waals surface area contributed by atoms with Crippen molar-refractivity contribution >= 4 is 21.6 Å². The second-order valence-corrected chi connectivity index (χ2v) is 6.15. The maximum atomic E-state index is 5.34. The molecule has 1 unspecified atom stereocenters. The van der Waals surface area contributed by atoms with Gasteiger partial charge in [-0.25, -0.2) is 0 Å². The summed E-state index contributed by atoms with van der Waals surface area (Å²) in [6.07, 6.45) is 0. The van der Waals surface area contributed by atoms with Crippen LogP contribution in [0, 0.1) is 20.8 Å². The number of rotatable bonds is 4. The van der Waals surface area contributed by atoms with Crippen molar-refractivity contribution in [2.24, 2.45) is 0 Å². The zero-order valence-corrected chi connectivity index (χ0v) is 14.7. The van der Waals surface area contributed by atoms with E-state index in [0.29, 0.717) is 0 Å². The highest BCUT2D eigenvalue weighted by Crippen LogP contribution is 2.30. The second-order valence-electron chi connectivity index (χ2n) is 5.29. The van der Waals surface area contributed by atoms with Gasteiger partial charge in [0, 0.05) is 23.1 Å². The Bertz CT molecular complexity index is 632. The Hall–Kier alpha value is -1.55. The van der Waals surface area contributed by atoms with Crippen molar-refractivity contribution in [2.45, 2.75) is 33.7 Å². The number of anilines is 1. The summed E-state index contributed by atoms with van der Waals surface area (Å²) < 4.78 is 6.29. The van der Waals surface area contributed by atoms with Crippen LogP contribution in [0.4, 0.5) is 5.69 Å². The highest BCUT2D eigenvalue weighted by Gasteiger charge is 2.13. The van der Waals surface area contributed by atoms with Crippen LogP contribution >= 0.6 is 15.9 Å². The largest absolute Gasteiger partial charge is 0.495 e. The molecule has 0 aliphatic carbocycles. The van der Waals surface area contributed by atoms with Gasteiger partial charge in [0.1, 0.15) is 5.75 Å². The summed E-state index contributed by atoms with van der Waals surface area (Å²) in [5.74, 6) is 0.822. The smallest absolute Gasteiger partial charge is 0.135 e. The van der Waals surface area contributed by atoms with Crippen molar-refractivity contribution < 1.29 is 4.74 Å². The second kappa shape index (κ2) is 6.48. The molecule has 0 aliphatic heterocycles. The number of hydrogen-bond acceptors (Lipinski definition) is 3. The predicted octanol–water partition coefficient (Wildman–Crippen LogP) is 4.95. The Morgan fingerprint density at radius 1 is 1.19 bits per heavy atom. The van der Waals surface area contributed by atoms with Crippen LogP contribution < -0.4 is 10.1 Å². The fourth-order valence-corrected chi connectivity index (χ4v) is 3.17. The van der Waals surface area contributed by atoms with Crippen molar-refractivity contribution in [2.75, 3.05) is 12.4 Å². The molecule has 0 fully saturated rings. The lowest BCUT2D eigenvalue weighted by Crippen LogP contribution is -2.11. The zero-order valence-electron chi connectivity index (χ0n) is 13.1. The first-order chi connectivity index (χ1) is 9.92. The highest BCUT2D eigenvalue weighted by atomic mass is 79.9. The van der Waals surface area contributed by atoms with Crippen LogP contribution in [0.25, 0.3) is 0 Å². The minimum atomic E-state index is 0.184. The Balaban J connectivity index is 2.28. The number of methoxy groups -OCH3 is 1. The van der Waals surface area contributed by atoms with Crippen LogP contribution in [0.15, 0.2) is 28.7 Å². The molecule has 21 heavy (non-hydrogen) atoms. The molecule has 2 aromatic rings. The summed E-state index contributed by atoms with van der Waals surface area (Å²) in [7, 11) is 1.67. The SMILES string of the molecule is COc1cc(NC(C)c2c(C)cc(C)nc2C)ccc1Br. The van der Waals surface area contributed by atoms with Gasteiger partial charge in [-0.05, 0) is 73.0 Å². The summed E-state index contributed by atoms with van der Waals surface area (Å²) in [4.78, 5) is 4.57. The number of halogens is 1. The average Bonchev–Trinajstić information content (AvgIpc) is 2.39. The van der Waals surface area contributed by atoms with Gasteiger partial charge in [0.25, 0.3) is 0 Å². The molecule has 1 aromatic heterocycles. The van der Waals surface area contributed by atoms with Crippen molar-refractivity contribution in [1.82, 2.24) is 4.98 Å². The molecule has 1 N–H and O–H groups in total. The molecule has 4 heteroatoms. The van der Waals surface area contributed by atoms with E-state index in [1.165, 1.54) is 11.1 Å². The quantitative estimate of drug-likeness (QED) is 0.848. The zero-order chi connectivity index (χ0) is 15.6. The molecule has 0 saturated carbocycles. The van der Waals surface area contributed by atoms with Crippen LogP contribution in [0.2, 0.25) is 0 Å². The molecule has 2 rings (SSSR count). The van der Waals surface area contributed by atoms with E-state index in [0.717, 1.165) is 27.3 Å². The van der Waals surface area contributed by atoms with E-state index < -0.39 is 0 Å². The monoisotopic (exact) mass is 348 g/mol. The number of aromatic nitrogens is 1. The van der Waals surface area contributed by atoms with Crippen molar-refractivity contribution in [3.05, 3.63) is 51.3 Å². The number of hydrogen-bond donors (Lipinski definition) is 1. The van der Waals surface area contributed by atoms with Crippen molar-refractivity contribution in [3.63, 3.8) is 0 Å². The summed E-state index contributed by atoms with van der Waals surface area (Å²) in [6, 6.07) is 8.33. The molecule has 1 atom stereocenters. The fourth-order valence-electron chi connectivity index (χ4n) is 2.76.